The minimum Gasteiger partial charge on any atom is -0.439 e. The number of fused-ring (bicyclic) bond motifs is 1. The van der Waals surface area contributed by atoms with E-state index in [0.717, 1.165) is 35.2 Å². The first-order valence-corrected chi connectivity index (χ1v) is 12.7. The molecule has 218 valence electrons. The Hall–Kier alpha value is -4.97. The smallest absolute Gasteiger partial charge is 0.416 e. The fraction of sp³-hybridized carbons (Fsp3) is 0.0667. The Balaban J connectivity index is 0.000000188. The molecular formula is C30H18ClF6N5O. The number of aromatic nitrogens is 5. The number of rotatable bonds is 4. The highest BCUT2D eigenvalue weighted by Crippen LogP contribution is 2.32. The number of alkyl halides is 6. The van der Waals surface area contributed by atoms with Crippen molar-refractivity contribution in [1.29, 1.82) is 0 Å². The van der Waals surface area contributed by atoms with Crippen molar-refractivity contribution in [1.82, 2.24) is 24.9 Å². The number of aromatic amines is 1. The van der Waals surface area contributed by atoms with Gasteiger partial charge in [0.15, 0.2) is 0 Å². The van der Waals surface area contributed by atoms with E-state index in [-0.39, 0.29) is 5.15 Å². The van der Waals surface area contributed by atoms with E-state index < -0.39 is 23.5 Å². The van der Waals surface area contributed by atoms with Gasteiger partial charge in [0.05, 0.1) is 22.5 Å². The third kappa shape index (κ3) is 7.46. The van der Waals surface area contributed by atoms with Gasteiger partial charge < -0.3 is 9.72 Å². The number of hydrogen-bond donors (Lipinski definition) is 1. The molecule has 3 aromatic carbocycles. The molecule has 6 rings (SSSR count). The molecule has 3 aromatic heterocycles. The Kier molecular flexibility index (Phi) is 8.31. The summed E-state index contributed by atoms with van der Waals surface area (Å²) in [4.78, 5) is 18.9. The fourth-order valence-electron chi connectivity index (χ4n) is 3.92. The zero-order valence-corrected chi connectivity index (χ0v) is 22.4. The highest BCUT2D eigenvalue weighted by atomic mass is 35.5. The Labute approximate surface area is 245 Å². The zero-order chi connectivity index (χ0) is 30.6. The van der Waals surface area contributed by atoms with Gasteiger partial charge in [0.2, 0.25) is 5.88 Å². The average molecular weight is 614 g/mol. The molecule has 0 saturated carbocycles. The van der Waals surface area contributed by atoms with Gasteiger partial charge in [-0.1, -0.05) is 35.9 Å². The third-order valence-electron chi connectivity index (χ3n) is 6.04. The topological polar surface area (TPSA) is 76.6 Å². The van der Waals surface area contributed by atoms with Crippen molar-refractivity contribution in [3.8, 4) is 34.1 Å². The van der Waals surface area contributed by atoms with E-state index in [1.54, 1.807) is 6.07 Å². The van der Waals surface area contributed by atoms with E-state index in [1.165, 1.54) is 43.0 Å². The molecule has 0 atom stereocenters. The molecule has 0 fully saturated rings. The SMILES string of the molecule is FC(F)(F)c1ccc(-c2cc(Cl)ncn2)cc1.FC(F)(F)c1ccc(-c2cc(Oc3ccc4cc[nH]c4c3)ncn2)cc1. The molecule has 0 aliphatic rings. The van der Waals surface area contributed by atoms with Crippen LogP contribution in [0.5, 0.6) is 11.6 Å². The van der Waals surface area contributed by atoms with Crippen LogP contribution >= 0.6 is 11.6 Å². The normalized spacial score (nSPS) is 11.6. The first-order chi connectivity index (χ1) is 20.5. The van der Waals surface area contributed by atoms with E-state index in [1.807, 2.05) is 30.5 Å². The van der Waals surface area contributed by atoms with Gasteiger partial charge in [-0.05, 0) is 47.9 Å². The number of halogens is 7. The van der Waals surface area contributed by atoms with Gasteiger partial charge in [0.1, 0.15) is 23.6 Å². The Morgan fingerprint density at radius 2 is 1.16 bits per heavy atom. The second-order valence-corrected chi connectivity index (χ2v) is 9.33. The van der Waals surface area contributed by atoms with Gasteiger partial charge in [0, 0.05) is 41.0 Å². The van der Waals surface area contributed by atoms with Crippen LogP contribution in [0.25, 0.3) is 33.4 Å². The van der Waals surface area contributed by atoms with Crippen molar-refractivity contribution in [2.75, 3.05) is 0 Å². The minimum absolute atomic E-state index is 0.245. The third-order valence-corrected chi connectivity index (χ3v) is 6.25. The number of nitrogens with one attached hydrogen (secondary N) is 1. The lowest BCUT2D eigenvalue weighted by atomic mass is 10.1. The van der Waals surface area contributed by atoms with E-state index in [4.69, 9.17) is 16.3 Å². The lowest BCUT2D eigenvalue weighted by Gasteiger charge is -2.08. The Bertz CT molecular complexity index is 1840. The average Bonchev–Trinajstić information content (AvgIpc) is 3.45. The molecule has 6 nitrogen and oxygen atoms in total. The van der Waals surface area contributed by atoms with Gasteiger partial charge in [-0.3, -0.25) is 0 Å². The van der Waals surface area contributed by atoms with Gasteiger partial charge in [-0.15, -0.1) is 0 Å². The number of hydrogen-bond acceptors (Lipinski definition) is 5. The molecule has 13 heteroatoms. The summed E-state index contributed by atoms with van der Waals surface area (Å²) in [6.45, 7) is 0. The van der Waals surface area contributed by atoms with Crippen LogP contribution in [0.15, 0.2) is 104 Å². The summed E-state index contributed by atoms with van der Waals surface area (Å²) in [5.74, 6) is 0.901. The quantitative estimate of drug-likeness (QED) is 0.158. The molecule has 6 aromatic rings. The largest absolute Gasteiger partial charge is 0.439 e. The standard InChI is InChI=1S/C19H12F3N3O.C11H6ClF3N2/c20-19(21,22)14-4-1-12(2-5-14)17-10-18(25-11-24-17)26-15-6-3-13-7-8-23-16(13)9-15;12-10-5-9(16-6-17-10)7-1-3-8(4-2-7)11(13,14)15/h1-11,23H;1-6H. The van der Waals surface area contributed by atoms with E-state index in [0.29, 0.717) is 34.1 Å². The van der Waals surface area contributed by atoms with E-state index in [2.05, 4.69) is 24.9 Å². The van der Waals surface area contributed by atoms with Crippen molar-refractivity contribution >= 4 is 22.5 Å². The molecule has 43 heavy (non-hydrogen) atoms. The van der Waals surface area contributed by atoms with Crippen LogP contribution in [0.4, 0.5) is 26.3 Å². The van der Waals surface area contributed by atoms with Crippen LogP contribution in [0.2, 0.25) is 5.15 Å². The van der Waals surface area contributed by atoms with Gasteiger partial charge in [0.25, 0.3) is 0 Å². The molecule has 1 N–H and O–H groups in total. The van der Waals surface area contributed by atoms with Gasteiger partial charge >= 0.3 is 12.4 Å². The molecular weight excluding hydrogens is 596 g/mol. The Morgan fingerprint density at radius 1 is 0.605 bits per heavy atom. The second kappa shape index (κ2) is 12.1. The van der Waals surface area contributed by atoms with E-state index >= 15 is 0 Å². The Morgan fingerprint density at radius 3 is 1.72 bits per heavy atom. The minimum atomic E-state index is -4.37. The fourth-order valence-corrected chi connectivity index (χ4v) is 4.06. The maximum Gasteiger partial charge on any atom is 0.416 e. The molecule has 3 heterocycles. The van der Waals surface area contributed by atoms with Crippen LogP contribution in [0, 0.1) is 0 Å². The number of ether oxygens (including phenoxy) is 1. The predicted molar refractivity (Wildman–Crippen MR) is 148 cm³/mol. The second-order valence-electron chi connectivity index (χ2n) is 8.95. The summed E-state index contributed by atoms with van der Waals surface area (Å²) in [6.07, 6.45) is -4.29. The first kappa shape index (κ1) is 29.5. The van der Waals surface area contributed by atoms with Gasteiger partial charge in [-0.2, -0.15) is 26.3 Å². The summed E-state index contributed by atoms with van der Waals surface area (Å²) in [5.41, 5.74) is 1.60. The van der Waals surface area contributed by atoms with Crippen LogP contribution in [0.1, 0.15) is 11.1 Å². The lowest BCUT2D eigenvalue weighted by molar-refractivity contribution is -0.138. The van der Waals surface area contributed by atoms with E-state index in [9.17, 15) is 26.3 Å². The highest BCUT2D eigenvalue weighted by Gasteiger charge is 2.30. The number of H-pyrrole nitrogens is 1. The predicted octanol–water partition coefficient (Wildman–Crippen LogP) is 9.25. The van der Waals surface area contributed by atoms with Crippen molar-refractivity contribution in [3.63, 3.8) is 0 Å². The summed E-state index contributed by atoms with van der Waals surface area (Å²) in [5, 5.41) is 1.31. The van der Waals surface area contributed by atoms with Crippen LogP contribution in [-0.4, -0.2) is 24.9 Å². The molecule has 0 aliphatic carbocycles. The molecule has 0 aliphatic heterocycles. The molecule has 0 bridgehead atoms. The summed E-state index contributed by atoms with van der Waals surface area (Å²) in [6, 6.07) is 20.1. The van der Waals surface area contributed by atoms with Gasteiger partial charge in [-0.25, -0.2) is 19.9 Å². The van der Waals surface area contributed by atoms with Crippen LogP contribution in [-0.2, 0) is 12.4 Å². The molecule has 0 saturated heterocycles. The van der Waals surface area contributed by atoms with Crippen LogP contribution in [0.3, 0.4) is 0 Å². The monoisotopic (exact) mass is 613 g/mol. The summed E-state index contributed by atoms with van der Waals surface area (Å²) in [7, 11) is 0. The van der Waals surface area contributed by atoms with Crippen molar-refractivity contribution in [2.24, 2.45) is 0 Å². The summed E-state index contributed by atoms with van der Waals surface area (Å²) >= 11 is 5.67. The number of benzene rings is 3. The lowest BCUT2D eigenvalue weighted by Crippen LogP contribution is -2.04. The summed E-state index contributed by atoms with van der Waals surface area (Å²) < 4.78 is 80.8. The number of nitrogens with zero attached hydrogens (tertiary/aromatic N) is 4. The molecule has 0 spiro atoms. The van der Waals surface area contributed by atoms with Crippen molar-refractivity contribution in [2.45, 2.75) is 12.4 Å². The maximum atomic E-state index is 12.7. The molecule has 0 radical (unpaired) electrons. The zero-order valence-electron chi connectivity index (χ0n) is 21.7. The van der Waals surface area contributed by atoms with Crippen LogP contribution < -0.4 is 4.74 Å². The molecule has 0 unspecified atom stereocenters. The molecule has 0 amide bonds. The highest BCUT2D eigenvalue weighted by molar-refractivity contribution is 6.29. The maximum absolute atomic E-state index is 12.7. The van der Waals surface area contributed by atoms with Crippen molar-refractivity contribution in [3.05, 3.63) is 120 Å². The first-order valence-electron chi connectivity index (χ1n) is 12.4. The van der Waals surface area contributed by atoms with Crippen molar-refractivity contribution < 1.29 is 31.1 Å².